The van der Waals surface area contributed by atoms with Crippen molar-refractivity contribution in [1.82, 2.24) is 5.32 Å². The van der Waals surface area contributed by atoms with Crippen molar-refractivity contribution in [2.24, 2.45) is 0 Å². The molecule has 2 N–H and O–H groups in total. The Bertz CT molecular complexity index is 631. The molecular weight excluding hydrogens is 294 g/mol. The average molecular weight is 314 g/mol. The van der Waals surface area contributed by atoms with Crippen molar-refractivity contribution in [2.45, 2.75) is 18.9 Å². The lowest BCUT2D eigenvalue weighted by molar-refractivity contribution is 0.276. The monoisotopic (exact) mass is 313 g/mol. The van der Waals surface area contributed by atoms with E-state index in [1.807, 2.05) is 42.5 Å². The first kappa shape index (κ1) is 16.6. The van der Waals surface area contributed by atoms with Crippen LogP contribution in [0.15, 0.2) is 54.6 Å². The fourth-order valence-electron chi connectivity index (χ4n) is 2.25. The second kappa shape index (κ2) is 9.27. The lowest BCUT2D eigenvalue weighted by atomic mass is 10.0. The molecule has 3 heteroatoms. The van der Waals surface area contributed by atoms with E-state index in [2.05, 4.69) is 29.3 Å². The summed E-state index contributed by atoms with van der Waals surface area (Å²) in [7, 11) is 0. The number of rotatable bonds is 6. The van der Waals surface area contributed by atoms with Gasteiger partial charge in [0.15, 0.2) is 0 Å². The highest BCUT2D eigenvalue weighted by Crippen LogP contribution is 2.17. The number of halogens is 1. The lowest BCUT2D eigenvalue weighted by Gasteiger charge is -2.17. The molecule has 0 saturated carbocycles. The predicted molar refractivity (Wildman–Crippen MR) is 91.8 cm³/mol. The summed E-state index contributed by atoms with van der Waals surface area (Å²) in [4.78, 5) is 0. The van der Waals surface area contributed by atoms with Gasteiger partial charge in [-0.1, -0.05) is 59.8 Å². The molecule has 2 aromatic rings. The van der Waals surface area contributed by atoms with E-state index in [4.69, 9.17) is 16.7 Å². The van der Waals surface area contributed by atoms with Gasteiger partial charge in [-0.05, 0) is 36.6 Å². The van der Waals surface area contributed by atoms with Gasteiger partial charge in [-0.25, -0.2) is 0 Å². The Balaban J connectivity index is 1.94. The Morgan fingerprint density at radius 3 is 2.64 bits per heavy atom. The Morgan fingerprint density at radius 2 is 1.91 bits per heavy atom. The summed E-state index contributed by atoms with van der Waals surface area (Å²) in [6.07, 6.45) is 1.66. The van der Waals surface area contributed by atoms with Crippen molar-refractivity contribution in [3.63, 3.8) is 0 Å². The molecule has 114 valence electrons. The fraction of sp³-hybridized carbons (Fsp3) is 0.263. The van der Waals surface area contributed by atoms with Crippen LogP contribution in [0.3, 0.4) is 0 Å². The van der Waals surface area contributed by atoms with Crippen LogP contribution in [-0.2, 0) is 0 Å². The molecule has 0 aliphatic rings. The molecule has 0 bridgehead atoms. The third-order valence-corrected chi connectivity index (χ3v) is 3.58. The van der Waals surface area contributed by atoms with Crippen LogP contribution in [0.5, 0.6) is 0 Å². The Kier molecular flexibility index (Phi) is 6.99. The third-order valence-electron chi connectivity index (χ3n) is 3.35. The minimum absolute atomic E-state index is 0.208. The molecule has 0 saturated heterocycles. The van der Waals surface area contributed by atoms with Gasteiger partial charge in [0, 0.05) is 23.2 Å². The number of hydrogen-bond acceptors (Lipinski definition) is 2. The maximum absolute atomic E-state index is 9.04. The highest BCUT2D eigenvalue weighted by atomic mass is 35.5. The third kappa shape index (κ3) is 5.54. The first-order valence-electron chi connectivity index (χ1n) is 7.43. The first-order valence-corrected chi connectivity index (χ1v) is 7.81. The molecule has 0 heterocycles. The van der Waals surface area contributed by atoms with E-state index < -0.39 is 0 Å². The standard InChI is InChI=1S/C19H20ClNO/c20-18-11-4-7-16(15-18)8-5-13-21-19(12-6-14-22)17-9-2-1-3-10-17/h1-4,7,9-11,15,19,21-22H,6,12-14H2. The van der Waals surface area contributed by atoms with Crippen LogP contribution < -0.4 is 5.32 Å². The number of hydrogen-bond donors (Lipinski definition) is 2. The molecule has 0 radical (unpaired) electrons. The summed E-state index contributed by atoms with van der Waals surface area (Å²) in [5.74, 6) is 6.23. The molecule has 0 fully saturated rings. The van der Waals surface area contributed by atoms with Gasteiger partial charge in [0.05, 0.1) is 6.54 Å². The first-order chi connectivity index (χ1) is 10.8. The van der Waals surface area contributed by atoms with Crippen LogP contribution in [-0.4, -0.2) is 18.3 Å². The highest BCUT2D eigenvalue weighted by molar-refractivity contribution is 6.30. The minimum Gasteiger partial charge on any atom is -0.396 e. The van der Waals surface area contributed by atoms with Crippen LogP contribution in [0.4, 0.5) is 0 Å². The summed E-state index contributed by atoms with van der Waals surface area (Å²) in [5, 5.41) is 13.2. The van der Waals surface area contributed by atoms with E-state index in [0.717, 1.165) is 18.4 Å². The van der Waals surface area contributed by atoms with Gasteiger partial charge in [-0.15, -0.1) is 0 Å². The molecule has 0 aromatic heterocycles. The molecule has 2 rings (SSSR count). The topological polar surface area (TPSA) is 32.3 Å². The predicted octanol–water partition coefficient (Wildman–Crippen LogP) is 3.79. The van der Waals surface area contributed by atoms with Gasteiger partial charge in [0.1, 0.15) is 0 Å². The van der Waals surface area contributed by atoms with E-state index in [9.17, 15) is 0 Å². The maximum Gasteiger partial charge on any atom is 0.0585 e. The van der Waals surface area contributed by atoms with Crippen molar-refractivity contribution >= 4 is 11.6 Å². The summed E-state index contributed by atoms with van der Waals surface area (Å²) < 4.78 is 0. The van der Waals surface area contributed by atoms with Gasteiger partial charge in [0.2, 0.25) is 0 Å². The number of aliphatic hydroxyl groups excluding tert-OH is 1. The zero-order chi connectivity index (χ0) is 15.6. The second-order valence-electron chi connectivity index (χ2n) is 5.02. The van der Waals surface area contributed by atoms with Gasteiger partial charge in [-0.2, -0.15) is 0 Å². The smallest absolute Gasteiger partial charge is 0.0585 e. The molecule has 0 aliphatic carbocycles. The average Bonchev–Trinajstić information content (AvgIpc) is 2.55. The van der Waals surface area contributed by atoms with Crippen molar-refractivity contribution in [3.05, 3.63) is 70.7 Å². The van der Waals surface area contributed by atoms with Crippen LogP contribution in [0.1, 0.15) is 30.0 Å². The summed E-state index contributed by atoms with van der Waals surface area (Å²) in [6.45, 7) is 0.802. The zero-order valence-electron chi connectivity index (χ0n) is 12.4. The molecule has 1 atom stereocenters. The Labute approximate surface area is 137 Å². The van der Waals surface area contributed by atoms with Crippen molar-refractivity contribution in [2.75, 3.05) is 13.2 Å². The molecule has 0 aliphatic heterocycles. The summed E-state index contributed by atoms with van der Waals surface area (Å²) >= 11 is 5.94. The summed E-state index contributed by atoms with van der Waals surface area (Å²) in [5.41, 5.74) is 2.14. The van der Waals surface area contributed by atoms with Crippen molar-refractivity contribution < 1.29 is 5.11 Å². The van der Waals surface area contributed by atoms with E-state index >= 15 is 0 Å². The van der Waals surface area contributed by atoms with E-state index in [1.165, 1.54) is 5.56 Å². The lowest BCUT2D eigenvalue weighted by Crippen LogP contribution is -2.22. The molecule has 2 aromatic carbocycles. The highest BCUT2D eigenvalue weighted by Gasteiger charge is 2.08. The molecule has 0 amide bonds. The normalized spacial score (nSPS) is 11.5. The quantitative estimate of drug-likeness (QED) is 0.795. The van der Waals surface area contributed by atoms with E-state index in [1.54, 1.807) is 0 Å². The number of nitrogens with one attached hydrogen (secondary N) is 1. The van der Waals surface area contributed by atoms with Gasteiger partial charge < -0.3 is 5.11 Å². The van der Waals surface area contributed by atoms with Crippen LogP contribution in [0, 0.1) is 11.8 Å². The Hall–Kier alpha value is -1.79. The van der Waals surface area contributed by atoms with Crippen LogP contribution in [0.2, 0.25) is 5.02 Å². The van der Waals surface area contributed by atoms with Gasteiger partial charge in [0.25, 0.3) is 0 Å². The minimum atomic E-state index is 0.208. The van der Waals surface area contributed by atoms with Gasteiger partial charge >= 0.3 is 0 Å². The maximum atomic E-state index is 9.04. The molecule has 0 spiro atoms. The fourth-order valence-corrected chi connectivity index (χ4v) is 2.44. The van der Waals surface area contributed by atoms with Crippen molar-refractivity contribution in [1.29, 1.82) is 0 Å². The van der Waals surface area contributed by atoms with Crippen LogP contribution in [0.25, 0.3) is 0 Å². The van der Waals surface area contributed by atoms with Crippen LogP contribution >= 0.6 is 11.6 Å². The molecule has 1 unspecified atom stereocenters. The van der Waals surface area contributed by atoms with E-state index in [-0.39, 0.29) is 12.6 Å². The molecule has 2 nitrogen and oxygen atoms in total. The largest absolute Gasteiger partial charge is 0.396 e. The molecule has 22 heavy (non-hydrogen) atoms. The Morgan fingerprint density at radius 1 is 1.09 bits per heavy atom. The number of aliphatic hydroxyl groups is 1. The zero-order valence-corrected chi connectivity index (χ0v) is 13.2. The summed E-state index contributed by atoms with van der Waals surface area (Å²) in [6, 6.07) is 18.0. The SMILES string of the molecule is OCCCC(NCC#Cc1cccc(Cl)c1)c1ccccc1. The van der Waals surface area contributed by atoms with Gasteiger partial charge in [-0.3, -0.25) is 5.32 Å². The number of benzene rings is 2. The second-order valence-corrected chi connectivity index (χ2v) is 5.46. The van der Waals surface area contributed by atoms with E-state index in [0.29, 0.717) is 11.6 Å². The molecular formula is C19H20ClNO. The van der Waals surface area contributed by atoms with Crippen molar-refractivity contribution in [3.8, 4) is 11.8 Å².